The van der Waals surface area contributed by atoms with Crippen LogP contribution in [0.4, 0.5) is 0 Å². The topological polar surface area (TPSA) is 0 Å². The van der Waals surface area contributed by atoms with Crippen molar-refractivity contribution >= 4 is 20.5 Å². The second-order valence-electron chi connectivity index (χ2n) is 2.34. The third kappa shape index (κ3) is 1.79. The summed E-state index contributed by atoms with van der Waals surface area (Å²) >= 11 is 2.92. The summed E-state index contributed by atoms with van der Waals surface area (Å²) in [5, 5.41) is 0. The number of benzene rings is 1. The van der Waals surface area contributed by atoms with Crippen LogP contribution in [-0.2, 0) is 0 Å². The Kier molecular flexibility index (Phi) is 2.85. The van der Waals surface area contributed by atoms with E-state index in [0.29, 0.717) is 5.92 Å². The van der Waals surface area contributed by atoms with Crippen LogP contribution in [0.2, 0.25) is 0 Å². The van der Waals surface area contributed by atoms with E-state index in [2.05, 4.69) is 51.7 Å². The van der Waals surface area contributed by atoms with Gasteiger partial charge < -0.3 is 0 Å². The molecular formula is C9H10Se. The molecule has 0 aliphatic carbocycles. The predicted molar refractivity (Wildman–Crippen MR) is 46.7 cm³/mol. The van der Waals surface area contributed by atoms with Crippen LogP contribution in [0.15, 0.2) is 30.3 Å². The molecule has 10 heavy (non-hydrogen) atoms. The SMILES string of the molecule is CC(C=[Se])c1ccccc1. The third-order valence-corrected chi connectivity index (χ3v) is 2.39. The summed E-state index contributed by atoms with van der Waals surface area (Å²) in [6.07, 6.45) is 0. The van der Waals surface area contributed by atoms with Crippen molar-refractivity contribution in [1.82, 2.24) is 0 Å². The number of hydrogen-bond donors (Lipinski definition) is 0. The van der Waals surface area contributed by atoms with Crippen molar-refractivity contribution in [1.29, 1.82) is 0 Å². The van der Waals surface area contributed by atoms with Crippen molar-refractivity contribution in [3.8, 4) is 0 Å². The van der Waals surface area contributed by atoms with Crippen LogP contribution in [0.25, 0.3) is 0 Å². The van der Waals surface area contributed by atoms with Crippen molar-refractivity contribution in [3.05, 3.63) is 35.9 Å². The molecule has 1 atom stereocenters. The summed E-state index contributed by atoms with van der Waals surface area (Å²) in [6.45, 7) is 2.17. The molecule has 0 aromatic heterocycles. The fraction of sp³-hybridized carbons (Fsp3) is 0.222. The van der Waals surface area contributed by atoms with Gasteiger partial charge in [0.2, 0.25) is 0 Å². The maximum atomic E-state index is 2.92. The van der Waals surface area contributed by atoms with Gasteiger partial charge in [-0.05, 0) is 0 Å². The van der Waals surface area contributed by atoms with Gasteiger partial charge in [0.15, 0.2) is 0 Å². The average molecular weight is 197 g/mol. The van der Waals surface area contributed by atoms with Crippen LogP contribution in [0.3, 0.4) is 0 Å². The first-order chi connectivity index (χ1) is 4.84. The fourth-order valence-electron chi connectivity index (χ4n) is 0.835. The first-order valence-corrected chi connectivity index (χ1v) is 4.33. The van der Waals surface area contributed by atoms with Gasteiger partial charge in [-0.2, -0.15) is 0 Å². The van der Waals surface area contributed by atoms with E-state index in [1.54, 1.807) is 0 Å². The first-order valence-electron chi connectivity index (χ1n) is 3.35. The molecule has 0 fully saturated rings. The molecule has 0 heterocycles. The fourth-order valence-corrected chi connectivity index (χ4v) is 1.16. The summed E-state index contributed by atoms with van der Waals surface area (Å²) in [6, 6.07) is 10.4. The molecular weight excluding hydrogens is 187 g/mol. The third-order valence-electron chi connectivity index (χ3n) is 1.53. The predicted octanol–water partition coefficient (Wildman–Crippen LogP) is 1.76. The normalized spacial score (nSPS) is 12.5. The first kappa shape index (κ1) is 7.71. The summed E-state index contributed by atoms with van der Waals surface area (Å²) in [5.74, 6) is 0.529. The second kappa shape index (κ2) is 3.70. The van der Waals surface area contributed by atoms with Gasteiger partial charge in [-0.25, -0.2) is 0 Å². The van der Waals surface area contributed by atoms with E-state index in [4.69, 9.17) is 0 Å². The van der Waals surface area contributed by atoms with Gasteiger partial charge >= 0.3 is 69.2 Å². The molecule has 0 saturated carbocycles. The molecule has 1 aromatic rings. The molecule has 0 nitrogen and oxygen atoms in total. The molecule has 1 aromatic carbocycles. The standard InChI is InChI=1S/C9H10Se/c1-8(7-10)9-5-3-2-4-6-9/h2-8H,1H3. The Balaban J connectivity index is 2.84. The summed E-state index contributed by atoms with van der Waals surface area (Å²) < 4.78 is 0. The van der Waals surface area contributed by atoms with Gasteiger partial charge in [-0.15, -0.1) is 0 Å². The van der Waals surface area contributed by atoms with E-state index < -0.39 is 0 Å². The Hall–Kier alpha value is -0.391. The Morgan fingerprint density at radius 2 is 1.90 bits per heavy atom. The van der Waals surface area contributed by atoms with Crippen LogP contribution in [0.5, 0.6) is 0 Å². The van der Waals surface area contributed by atoms with Crippen molar-refractivity contribution in [3.63, 3.8) is 0 Å². The molecule has 1 unspecified atom stereocenters. The van der Waals surface area contributed by atoms with Crippen molar-refractivity contribution in [2.75, 3.05) is 0 Å². The molecule has 1 heteroatoms. The van der Waals surface area contributed by atoms with Gasteiger partial charge in [-0.3, -0.25) is 0 Å². The maximum absolute atomic E-state index is 2.92. The van der Waals surface area contributed by atoms with Crippen molar-refractivity contribution in [2.45, 2.75) is 12.8 Å². The van der Waals surface area contributed by atoms with E-state index in [1.807, 2.05) is 6.07 Å². The molecule has 0 N–H and O–H groups in total. The molecule has 0 amide bonds. The number of rotatable bonds is 2. The van der Waals surface area contributed by atoms with Crippen LogP contribution >= 0.6 is 0 Å². The van der Waals surface area contributed by atoms with E-state index in [0.717, 1.165) is 0 Å². The Bertz CT molecular complexity index is 203. The summed E-state index contributed by atoms with van der Waals surface area (Å²) in [5.41, 5.74) is 1.36. The minimum absolute atomic E-state index is 0.529. The average Bonchev–Trinajstić information content (AvgIpc) is 2.05. The monoisotopic (exact) mass is 198 g/mol. The van der Waals surface area contributed by atoms with Gasteiger partial charge in [0.05, 0.1) is 0 Å². The van der Waals surface area contributed by atoms with Gasteiger partial charge in [0, 0.05) is 0 Å². The van der Waals surface area contributed by atoms with Gasteiger partial charge in [0.1, 0.15) is 0 Å². The van der Waals surface area contributed by atoms with Gasteiger partial charge in [-0.1, -0.05) is 0 Å². The van der Waals surface area contributed by atoms with E-state index >= 15 is 0 Å². The molecule has 0 aliphatic heterocycles. The van der Waals surface area contributed by atoms with Crippen LogP contribution < -0.4 is 0 Å². The molecule has 0 bridgehead atoms. The molecule has 0 spiro atoms. The molecule has 0 radical (unpaired) electrons. The zero-order chi connectivity index (χ0) is 7.40. The number of hydrogen-bond acceptors (Lipinski definition) is 0. The molecule has 1 rings (SSSR count). The minimum atomic E-state index is 0.529. The zero-order valence-electron chi connectivity index (χ0n) is 5.95. The van der Waals surface area contributed by atoms with Crippen molar-refractivity contribution < 1.29 is 0 Å². The van der Waals surface area contributed by atoms with E-state index in [1.165, 1.54) is 5.56 Å². The molecule has 0 aliphatic rings. The van der Waals surface area contributed by atoms with E-state index in [9.17, 15) is 0 Å². The zero-order valence-corrected chi connectivity index (χ0v) is 7.66. The Morgan fingerprint density at radius 1 is 1.30 bits per heavy atom. The second-order valence-corrected chi connectivity index (χ2v) is 2.91. The van der Waals surface area contributed by atoms with Gasteiger partial charge in [0.25, 0.3) is 0 Å². The Morgan fingerprint density at radius 3 is 2.40 bits per heavy atom. The van der Waals surface area contributed by atoms with Crippen LogP contribution in [-0.4, -0.2) is 20.5 Å². The van der Waals surface area contributed by atoms with E-state index in [-0.39, 0.29) is 0 Å². The quantitative estimate of drug-likeness (QED) is 0.634. The summed E-state index contributed by atoms with van der Waals surface area (Å²) in [4.78, 5) is 2.08. The molecule has 0 saturated heterocycles. The van der Waals surface area contributed by atoms with Crippen LogP contribution in [0.1, 0.15) is 18.4 Å². The Labute approximate surface area is 69.6 Å². The molecule has 52 valence electrons. The summed E-state index contributed by atoms with van der Waals surface area (Å²) in [7, 11) is 0. The van der Waals surface area contributed by atoms with Crippen LogP contribution in [0, 0.1) is 0 Å². The van der Waals surface area contributed by atoms with Crippen molar-refractivity contribution in [2.24, 2.45) is 0 Å².